The van der Waals surface area contributed by atoms with Crippen LogP contribution in [0.15, 0.2) is 28.8 Å². The van der Waals surface area contributed by atoms with Gasteiger partial charge >= 0.3 is 0 Å². The van der Waals surface area contributed by atoms with E-state index in [9.17, 15) is 9.90 Å². The zero-order chi connectivity index (χ0) is 10.7. The molecule has 5 heteroatoms. The minimum Gasteiger partial charge on any atom is -0.545 e. The Balaban J connectivity index is 3.21. The first kappa shape index (κ1) is 11.4. The van der Waals surface area contributed by atoms with Crippen molar-refractivity contribution in [3.63, 3.8) is 0 Å². The van der Waals surface area contributed by atoms with Crippen LogP contribution in [0.25, 0.3) is 5.57 Å². The maximum atomic E-state index is 10.7. The summed E-state index contributed by atoms with van der Waals surface area (Å²) in [6, 6.07) is 6.07. The molecule has 0 unspecified atom stereocenters. The van der Waals surface area contributed by atoms with Crippen molar-refractivity contribution in [3.05, 3.63) is 39.3 Å². The third kappa shape index (κ3) is 2.64. The molecule has 0 fully saturated rings. The van der Waals surface area contributed by atoms with E-state index in [1.54, 1.807) is 0 Å². The highest BCUT2D eigenvalue weighted by molar-refractivity contribution is 6.61. The van der Waals surface area contributed by atoms with Gasteiger partial charge in [0.1, 0.15) is 4.49 Å². The molecule has 0 aromatic heterocycles. The highest BCUT2D eigenvalue weighted by Gasteiger charge is 2.07. The predicted octanol–water partition coefficient (Wildman–Crippen LogP) is 2.24. The van der Waals surface area contributed by atoms with E-state index >= 15 is 0 Å². The van der Waals surface area contributed by atoms with E-state index in [4.69, 9.17) is 34.8 Å². The number of hydrogen-bond donors (Lipinski definition) is 0. The van der Waals surface area contributed by atoms with Crippen LogP contribution < -0.4 is 5.11 Å². The molecule has 0 atom stereocenters. The molecule has 0 saturated carbocycles. The van der Waals surface area contributed by atoms with Gasteiger partial charge in [-0.1, -0.05) is 46.9 Å². The van der Waals surface area contributed by atoms with E-state index in [2.05, 4.69) is 0 Å². The van der Waals surface area contributed by atoms with Crippen LogP contribution in [-0.4, -0.2) is 5.97 Å². The second kappa shape index (κ2) is 4.69. The number of carbonyl (C=O) groups is 1. The fourth-order valence-corrected chi connectivity index (χ4v) is 1.42. The van der Waals surface area contributed by atoms with E-state index < -0.39 is 5.97 Å². The first-order valence-electron chi connectivity index (χ1n) is 3.55. The van der Waals surface area contributed by atoms with Gasteiger partial charge in [0.2, 0.25) is 0 Å². The SMILES string of the molecule is O=C([O-])C(=C(Cl)Cl)c1ccc(Cl)cc1. The number of halogens is 3. The summed E-state index contributed by atoms with van der Waals surface area (Å²) in [5, 5.41) is 11.2. The van der Waals surface area contributed by atoms with Crippen LogP contribution in [0.4, 0.5) is 0 Å². The zero-order valence-electron chi connectivity index (χ0n) is 6.76. The first-order valence-corrected chi connectivity index (χ1v) is 4.68. The van der Waals surface area contributed by atoms with Crippen LogP contribution in [0, 0.1) is 0 Å². The smallest absolute Gasteiger partial charge is 0.116 e. The second-order valence-electron chi connectivity index (χ2n) is 2.43. The van der Waals surface area contributed by atoms with Gasteiger partial charge in [-0.2, -0.15) is 0 Å². The lowest BCUT2D eigenvalue weighted by Crippen LogP contribution is -2.23. The molecule has 0 aliphatic rings. The van der Waals surface area contributed by atoms with Crippen molar-refractivity contribution in [3.8, 4) is 0 Å². The van der Waals surface area contributed by atoms with Gasteiger partial charge in [0.25, 0.3) is 0 Å². The maximum absolute atomic E-state index is 10.7. The summed E-state index contributed by atoms with van der Waals surface area (Å²) in [6.07, 6.45) is 0. The summed E-state index contributed by atoms with van der Waals surface area (Å²) in [4.78, 5) is 10.7. The fourth-order valence-electron chi connectivity index (χ4n) is 0.921. The minimum atomic E-state index is -1.42. The van der Waals surface area contributed by atoms with E-state index in [0.717, 1.165) is 0 Å². The third-order valence-corrected chi connectivity index (χ3v) is 2.16. The summed E-state index contributed by atoms with van der Waals surface area (Å²) in [7, 11) is 0. The van der Waals surface area contributed by atoms with Crippen molar-refractivity contribution in [2.24, 2.45) is 0 Å². The number of carbonyl (C=O) groups excluding carboxylic acids is 1. The molecule has 0 saturated heterocycles. The Labute approximate surface area is 95.7 Å². The van der Waals surface area contributed by atoms with Gasteiger partial charge in [-0.25, -0.2) is 0 Å². The minimum absolute atomic E-state index is 0.245. The van der Waals surface area contributed by atoms with Crippen LogP contribution in [0.2, 0.25) is 5.02 Å². The normalized spacial score (nSPS) is 9.64. The van der Waals surface area contributed by atoms with Gasteiger partial charge in [-0.15, -0.1) is 0 Å². The molecular weight excluding hydrogens is 246 g/mol. The van der Waals surface area contributed by atoms with Crippen LogP contribution in [0.5, 0.6) is 0 Å². The molecule has 0 radical (unpaired) electrons. The molecule has 0 aliphatic carbocycles. The van der Waals surface area contributed by atoms with Crippen LogP contribution in [0.1, 0.15) is 5.56 Å². The molecule has 1 rings (SSSR count). The van der Waals surface area contributed by atoms with E-state index in [1.165, 1.54) is 24.3 Å². The summed E-state index contributed by atoms with van der Waals surface area (Å²) in [5.41, 5.74) is 0.111. The lowest BCUT2D eigenvalue weighted by atomic mass is 10.1. The maximum Gasteiger partial charge on any atom is 0.116 e. The van der Waals surface area contributed by atoms with Gasteiger partial charge < -0.3 is 9.90 Å². The molecule has 14 heavy (non-hydrogen) atoms. The highest BCUT2D eigenvalue weighted by Crippen LogP contribution is 2.24. The third-order valence-electron chi connectivity index (χ3n) is 1.53. The number of carboxylic acid groups (broad SMARTS) is 1. The second-order valence-corrected chi connectivity index (χ2v) is 3.82. The molecule has 0 amide bonds. The zero-order valence-corrected chi connectivity index (χ0v) is 9.03. The van der Waals surface area contributed by atoms with Crippen molar-refractivity contribution in [2.75, 3.05) is 0 Å². The highest BCUT2D eigenvalue weighted by atomic mass is 35.5. The molecule has 1 aromatic carbocycles. The molecule has 0 heterocycles. The van der Waals surface area contributed by atoms with Crippen LogP contribution >= 0.6 is 34.8 Å². The number of carboxylic acids is 1. The number of aliphatic carboxylic acids is 1. The van der Waals surface area contributed by atoms with Gasteiger partial charge in [0.15, 0.2) is 0 Å². The van der Waals surface area contributed by atoms with E-state index in [0.29, 0.717) is 10.6 Å². The van der Waals surface area contributed by atoms with Crippen LogP contribution in [-0.2, 0) is 4.79 Å². The Morgan fingerprint density at radius 2 is 1.64 bits per heavy atom. The van der Waals surface area contributed by atoms with E-state index in [1.807, 2.05) is 0 Å². The fraction of sp³-hybridized carbons (Fsp3) is 0. The van der Waals surface area contributed by atoms with Gasteiger partial charge in [0, 0.05) is 10.6 Å². The summed E-state index contributed by atoms with van der Waals surface area (Å²) >= 11 is 16.4. The van der Waals surface area contributed by atoms with Crippen molar-refractivity contribution in [1.29, 1.82) is 0 Å². The number of hydrogen-bond acceptors (Lipinski definition) is 2. The van der Waals surface area contributed by atoms with Crippen molar-refractivity contribution < 1.29 is 9.90 Å². The van der Waals surface area contributed by atoms with Gasteiger partial charge in [-0.3, -0.25) is 0 Å². The molecule has 74 valence electrons. The Hall–Kier alpha value is -0.700. The predicted molar refractivity (Wildman–Crippen MR) is 55.1 cm³/mol. The largest absolute Gasteiger partial charge is 0.545 e. The molecule has 0 spiro atoms. The van der Waals surface area contributed by atoms with Gasteiger partial charge in [0.05, 0.1) is 5.97 Å². The monoisotopic (exact) mass is 249 g/mol. The molecular formula is C9H4Cl3O2-. The number of benzene rings is 1. The average molecular weight is 250 g/mol. The van der Waals surface area contributed by atoms with E-state index in [-0.39, 0.29) is 10.1 Å². The summed E-state index contributed by atoms with van der Waals surface area (Å²) in [5.74, 6) is -1.42. The van der Waals surface area contributed by atoms with Crippen molar-refractivity contribution in [2.45, 2.75) is 0 Å². The Morgan fingerprint density at radius 1 is 1.14 bits per heavy atom. The topological polar surface area (TPSA) is 40.1 Å². The summed E-state index contributed by atoms with van der Waals surface area (Å²) in [6.45, 7) is 0. The quantitative estimate of drug-likeness (QED) is 0.755. The Bertz CT molecular complexity index is 378. The molecule has 1 aromatic rings. The standard InChI is InChI=1S/C9H5Cl3O2/c10-6-3-1-5(2-4-6)7(8(11)12)9(13)14/h1-4H,(H,13,14)/p-1. The number of rotatable bonds is 2. The van der Waals surface area contributed by atoms with Gasteiger partial charge in [-0.05, 0) is 17.7 Å². The first-order chi connectivity index (χ1) is 6.52. The Kier molecular flexibility index (Phi) is 3.81. The van der Waals surface area contributed by atoms with Crippen molar-refractivity contribution in [1.82, 2.24) is 0 Å². The molecule has 0 aliphatic heterocycles. The molecule has 2 nitrogen and oxygen atoms in total. The van der Waals surface area contributed by atoms with Crippen molar-refractivity contribution >= 4 is 46.3 Å². The molecule has 0 bridgehead atoms. The Morgan fingerprint density at radius 3 is 2.00 bits per heavy atom. The van der Waals surface area contributed by atoms with Crippen LogP contribution in [0.3, 0.4) is 0 Å². The summed E-state index contributed by atoms with van der Waals surface area (Å²) < 4.78 is -0.340. The average Bonchev–Trinajstić information content (AvgIpc) is 2.07. The lowest BCUT2D eigenvalue weighted by molar-refractivity contribution is -0.295. The lowest BCUT2D eigenvalue weighted by Gasteiger charge is -2.08. The molecule has 0 N–H and O–H groups in total.